The van der Waals surface area contributed by atoms with Gasteiger partial charge in [-0.25, -0.2) is 9.89 Å². The lowest BCUT2D eigenvalue weighted by Gasteiger charge is -2.31. The van der Waals surface area contributed by atoms with E-state index in [4.69, 9.17) is 44.4 Å². The molecule has 1 aliphatic heterocycles. The van der Waals surface area contributed by atoms with Crippen molar-refractivity contribution in [2.45, 2.75) is 31.9 Å². The molecule has 0 radical (unpaired) electrons. The van der Waals surface area contributed by atoms with Gasteiger partial charge in [0.1, 0.15) is 41.0 Å². The molecule has 12 heteroatoms. The van der Waals surface area contributed by atoms with E-state index in [1.807, 2.05) is 19.1 Å². The molecule has 1 aromatic rings. The minimum Gasteiger partial charge on any atom is -0.490 e. The van der Waals surface area contributed by atoms with Crippen molar-refractivity contribution in [2.24, 2.45) is 27.9 Å². The van der Waals surface area contributed by atoms with Gasteiger partial charge in [-0.3, -0.25) is 4.79 Å². The topological polar surface area (TPSA) is 198 Å². The summed E-state index contributed by atoms with van der Waals surface area (Å²) in [5.41, 5.74) is 24.1. The minimum absolute atomic E-state index is 0.0451. The van der Waals surface area contributed by atoms with E-state index in [-0.39, 0.29) is 35.1 Å². The van der Waals surface area contributed by atoms with Crippen molar-refractivity contribution in [2.75, 3.05) is 13.2 Å². The van der Waals surface area contributed by atoms with E-state index < -0.39 is 24.7 Å². The van der Waals surface area contributed by atoms with Crippen LogP contribution in [0, 0.1) is 0 Å². The standard InChI is InChI=1S/C19H28ClN7O4/c1-2-5-12(11-6-3-4-7-13(11)31-9-10(29)8-28)25-19(24)27-16(21)14(18(23)30)26-15(20)17(27)22/h3-4,6-7,10,12,26,28-29H,2,5,8-9,21-22H2,1H3,(H2,23,30)(H2,24,25). The molecule has 0 saturated heterocycles. The second-order valence-electron chi connectivity index (χ2n) is 6.76. The molecule has 0 aromatic heterocycles. The Labute approximate surface area is 185 Å². The summed E-state index contributed by atoms with van der Waals surface area (Å²) >= 11 is 6.06. The number of benzene rings is 1. The molecular weight excluding hydrogens is 426 g/mol. The first-order valence-corrected chi connectivity index (χ1v) is 9.94. The number of aliphatic hydroxyl groups is 2. The number of carbonyl (C=O) groups is 1. The summed E-state index contributed by atoms with van der Waals surface area (Å²) < 4.78 is 5.66. The first-order chi connectivity index (χ1) is 14.7. The molecule has 11 nitrogen and oxygen atoms in total. The van der Waals surface area contributed by atoms with Gasteiger partial charge in [0.25, 0.3) is 5.91 Å². The van der Waals surface area contributed by atoms with Crippen LogP contribution in [0.3, 0.4) is 0 Å². The number of halogens is 1. The summed E-state index contributed by atoms with van der Waals surface area (Å²) in [5, 5.41) is 21.1. The number of aliphatic imine (C=N–C) groups is 1. The van der Waals surface area contributed by atoms with Crippen LogP contribution in [0.5, 0.6) is 5.75 Å². The van der Waals surface area contributed by atoms with Crippen LogP contribution in [0.1, 0.15) is 31.4 Å². The van der Waals surface area contributed by atoms with Crippen LogP contribution in [0.15, 0.2) is 51.8 Å². The fourth-order valence-electron chi connectivity index (χ4n) is 2.92. The van der Waals surface area contributed by atoms with Crippen LogP contribution in [0.2, 0.25) is 0 Å². The highest BCUT2D eigenvalue weighted by molar-refractivity contribution is 6.30. The maximum absolute atomic E-state index is 11.7. The molecule has 0 saturated carbocycles. The van der Waals surface area contributed by atoms with Crippen molar-refractivity contribution < 1.29 is 19.7 Å². The fourth-order valence-corrected chi connectivity index (χ4v) is 3.10. The highest BCUT2D eigenvalue weighted by Crippen LogP contribution is 2.32. The van der Waals surface area contributed by atoms with Crippen LogP contribution >= 0.6 is 11.6 Å². The van der Waals surface area contributed by atoms with Crippen molar-refractivity contribution in [1.82, 2.24) is 10.2 Å². The third-order valence-electron chi connectivity index (χ3n) is 4.44. The second kappa shape index (κ2) is 10.8. The van der Waals surface area contributed by atoms with Gasteiger partial charge in [-0.05, 0) is 12.5 Å². The van der Waals surface area contributed by atoms with Crippen LogP contribution < -0.4 is 33.0 Å². The molecule has 2 unspecified atom stereocenters. The van der Waals surface area contributed by atoms with E-state index >= 15 is 0 Å². The monoisotopic (exact) mass is 453 g/mol. The van der Waals surface area contributed by atoms with E-state index in [0.29, 0.717) is 17.7 Å². The lowest BCUT2D eigenvalue weighted by molar-refractivity contribution is -0.115. The quantitative estimate of drug-likeness (QED) is 0.145. The highest BCUT2D eigenvalue weighted by Gasteiger charge is 2.29. The lowest BCUT2D eigenvalue weighted by atomic mass is 10.0. The number of amides is 1. The van der Waals surface area contributed by atoms with Crippen molar-refractivity contribution in [3.63, 3.8) is 0 Å². The summed E-state index contributed by atoms with van der Waals surface area (Å²) in [7, 11) is 0. The summed E-state index contributed by atoms with van der Waals surface area (Å²) in [6.07, 6.45) is 0.344. The van der Waals surface area contributed by atoms with Crippen molar-refractivity contribution >= 4 is 23.5 Å². The number of aliphatic hydroxyl groups excluding tert-OH is 2. The molecule has 31 heavy (non-hydrogen) atoms. The van der Waals surface area contributed by atoms with E-state index in [2.05, 4.69) is 10.3 Å². The number of primary amides is 1. The number of carbonyl (C=O) groups excluding carboxylic acids is 1. The third kappa shape index (κ3) is 5.72. The fraction of sp³-hybridized carbons (Fsp3) is 0.368. The minimum atomic E-state index is -1.02. The van der Waals surface area contributed by atoms with E-state index in [9.17, 15) is 9.90 Å². The Hall–Kier alpha value is -3.15. The van der Waals surface area contributed by atoms with Gasteiger partial charge >= 0.3 is 0 Å². The first kappa shape index (κ1) is 24.1. The molecule has 170 valence electrons. The average molecular weight is 454 g/mol. The molecule has 1 amide bonds. The predicted octanol–water partition coefficient (Wildman–Crippen LogP) is -0.583. The Morgan fingerprint density at radius 2 is 1.97 bits per heavy atom. The zero-order valence-electron chi connectivity index (χ0n) is 17.1. The molecule has 11 N–H and O–H groups in total. The normalized spacial score (nSPS) is 16.8. The van der Waals surface area contributed by atoms with Crippen molar-refractivity contribution in [3.8, 4) is 5.75 Å². The number of hydrogen-bond acceptors (Lipinski definition) is 8. The Bertz CT molecular complexity index is 903. The Morgan fingerprint density at radius 1 is 1.29 bits per heavy atom. The zero-order valence-corrected chi connectivity index (χ0v) is 17.8. The molecule has 1 aliphatic rings. The number of ether oxygens (including phenoxy) is 1. The summed E-state index contributed by atoms with van der Waals surface area (Å²) in [5.74, 6) is -0.643. The van der Waals surface area contributed by atoms with Gasteiger partial charge < -0.3 is 43.2 Å². The van der Waals surface area contributed by atoms with E-state index in [0.717, 1.165) is 11.3 Å². The summed E-state index contributed by atoms with van der Waals surface area (Å²) in [6.45, 7) is 1.47. The Balaban J connectivity index is 2.44. The van der Waals surface area contributed by atoms with Gasteiger partial charge in [-0.15, -0.1) is 0 Å². The van der Waals surface area contributed by atoms with Gasteiger partial charge in [-0.2, -0.15) is 0 Å². The van der Waals surface area contributed by atoms with Gasteiger partial charge in [0.05, 0.1) is 12.6 Å². The molecule has 0 fully saturated rings. The van der Waals surface area contributed by atoms with Crippen LogP contribution in [-0.2, 0) is 4.79 Å². The SMILES string of the molecule is CCCC(N=C(N)N1C(N)=C(Cl)NC(C(N)=O)=C1N)c1ccccc1OCC(O)CO. The number of para-hydroxylation sites is 1. The third-order valence-corrected chi connectivity index (χ3v) is 4.73. The van der Waals surface area contributed by atoms with Gasteiger partial charge in [-0.1, -0.05) is 43.1 Å². The average Bonchev–Trinajstić information content (AvgIpc) is 2.74. The summed E-state index contributed by atoms with van der Waals surface area (Å²) in [6, 6.07) is 6.67. The largest absolute Gasteiger partial charge is 0.490 e. The van der Waals surface area contributed by atoms with Crippen LogP contribution in [-0.4, -0.2) is 46.3 Å². The second-order valence-corrected chi connectivity index (χ2v) is 7.14. The maximum atomic E-state index is 11.7. The van der Waals surface area contributed by atoms with Crippen LogP contribution in [0.25, 0.3) is 0 Å². The molecule has 2 rings (SSSR count). The number of nitrogens with zero attached hydrogens (tertiary/aromatic N) is 2. The van der Waals surface area contributed by atoms with Gasteiger partial charge in [0, 0.05) is 5.56 Å². The maximum Gasteiger partial charge on any atom is 0.268 e. The van der Waals surface area contributed by atoms with Crippen molar-refractivity contribution in [1.29, 1.82) is 0 Å². The number of guanidine groups is 1. The Kier molecular flexibility index (Phi) is 8.37. The van der Waals surface area contributed by atoms with Gasteiger partial charge in [0.15, 0.2) is 0 Å². The molecule has 1 aromatic carbocycles. The molecule has 2 atom stereocenters. The predicted molar refractivity (Wildman–Crippen MR) is 117 cm³/mol. The number of rotatable bonds is 9. The van der Waals surface area contributed by atoms with Gasteiger partial charge in [0.2, 0.25) is 5.96 Å². The number of nitrogens with two attached hydrogens (primary N) is 4. The molecule has 0 bridgehead atoms. The molecule has 0 aliphatic carbocycles. The molecule has 1 heterocycles. The first-order valence-electron chi connectivity index (χ1n) is 9.57. The number of hydrogen-bond donors (Lipinski definition) is 7. The van der Waals surface area contributed by atoms with E-state index in [1.54, 1.807) is 12.1 Å². The molecular formula is C19H28ClN7O4. The lowest BCUT2D eigenvalue weighted by Crippen LogP contribution is -2.49. The van der Waals surface area contributed by atoms with Crippen LogP contribution in [0.4, 0.5) is 0 Å². The smallest absolute Gasteiger partial charge is 0.268 e. The van der Waals surface area contributed by atoms with Crippen molar-refractivity contribution in [3.05, 3.63) is 52.3 Å². The summed E-state index contributed by atoms with van der Waals surface area (Å²) in [4.78, 5) is 17.4. The van der Waals surface area contributed by atoms with E-state index in [1.165, 1.54) is 0 Å². The molecule has 0 spiro atoms. The number of nitrogens with one attached hydrogen (secondary N) is 1. The zero-order chi connectivity index (χ0) is 23.1. The Morgan fingerprint density at radius 3 is 2.58 bits per heavy atom. The highest BCUT2D eigenvalue weighted by atomic mass is 35.5.